The maximum atomic E-state index is 4.37. The molecule has 0 amide bonds. The molecule has 5 nitrogen and oxygen atoms in total. The molecule has 0 saturated heterocycles. The Kier molecular flexibility index (Phi) is 3.05. The second kappa shape index (κ2) is 4.65. The molecular formula is C11H13N5. The number of rotatable bonds is 3. The van der Waals surface area contributed by atoms with Crippen LogP contribution in [0.2, 0.25) is 0 Å². The lowest BCUT2D eigenvalue weighted by Crippen LogP contribution is -2.06. The molecule has 0 aliphatic carbocycles. The van der Waals surface area contributed by atoms with Crippen LogP contribution in [0.5, 0.6) is 0 Å². The van der Waals surface area contributed by atoms with Crippen molar-refractivity contribution < 1.29 is 0 Å². The van der Waals surface area contributed by atoms with E-state index in [1.165, 1.54) is 0 Å². The summed E-state index contributed by atoms with van der Waals surface area (Å²) in [6.45, 7) is 4.44. The Hall–Kier alpha value is -2.04. The van der Waals surface area contributed by atoms with E-state index >= 15 is 0 Å². The zero-order chi connectivity index (χ0) is 11.4. The predicted molar refractivity (Wildman–Crippen MR) is 60.9 cm³/mol. The minimum absolute atomic E-state index is 0.604. The lowest BCUT2D eigenvalue weighted by molar-refractivity contribution is 0.913. The first kappa shape index (κ1) is 10.5. The van der Waals surface area contributed by atoms with Crippen molar-refractivity contribution in [3.05, 3.63) is 41.6 Å². The topological polar surface area (TPSA) is 63.6 Å². The second-order valence-electron chi connectivity index (χ2n) is 3.51. The molecule has 0 fully saturated rings. The zero-order valence-electron chi connectivity index (χ0n) is 9.31. The van der Waals surface area contributed by atoms with Crippen molar-refractivity contribution in [2.45, 2.75) is 20.4 Å². The van der Waals surface area contributed by atoms with E-state index in [-0.39, 0.29) is 0 Å². The van der Waals surface area contributed by atoms with Gasteiger partial charge in [0.2, 0.25) is 0 Å². The first-order valence-electron chi connectivity index (χ1n) is 5.06. The van der Waals surface area contributed by atoms with E-state index in [4.69, 9.17) is 0 Å². The van der Waals surface area contributed by atoms with Crippen molar-refractivity contribution >= 4 is 5.82 Å². The van der Waals surface area contributed by atoms with Gasteiger partial charge in [-0.1, -0.05) is 0 Å². The molecule has 82 valence electrons. The number of nitrogens with one attached hydrogen (secondary N) is 1. The van der Waals surface area contributed by atoms with Crippen LogP contribution in [0.4, 0.5) is 5.82 Å². The molecule has 0 radical (unpaired) electrons. The summed E-state index contributed by atoms with van der Waals surface area (Å²) < 4.78 is 0. The molecule has 1 N–H and O–H groups in total. The number of aromatic nitrogens is 4. The number of nitrogens with zero attached hydrogens (tertiary/aromatic N) is 4. The minimum Gasteiger partial charge on any atom is -0.363 e. The average molecular weight is 215 g/mol. The summed E-state index contributed by atoms with van der Waals surface area (Å²) in [7, 11) is 0. The van der Waals surface area contributed by atoms with E-state index in [0.29, 0.717) is 6.54 Å². The van der Waals surface area contributed by atoms with Crippen LogP contribution in [0.25, 0.3) is 0 Å². The van der Waals surface area contributed by atoms with Crippen LogP contribution in [0.15, 0.2) is 24.5 Å². The van der Waals surface area contributed by atoms with Crippen LogP contribution in [-0.2, 0) is 6.54 Å². The summed E-state index contributed by atoms with van der Waals surface area (Å²) >= 11 is 0. The van der Waals surface area contributed by atoms with Gasteiger partial charge in [0, 0.05) is 12.4 Å². The third-order valence-electron chi connectivity index (χ3n) is 2.14. The summed E-state index contributed by atoms with van der Waals surface area (Å²) in [5.74, 6) is 0.797. The first-order chi connectivity index (χ1) is 7.75. The Bertz CT molecular complexity index is 469. The van der Waals surface area contributed by atoms with Crippen molar-refractivity contribution in [2.24, 2.45) is 0 Å². The van der Waals surface area contributed by atoms with E-state index in [1.54, 1.807) is 12.4 Å². The Balaban J connectivity index is 2.08. The highest BCUT2D eigenvalue weighted by atomic mass is 15.1. The minimum atomic E-state index is 0.604. The van der Waals surface area contributed by atoms with E-state index in [2.05, 4.69) is 25.5 Å². The lowest BCUT2D eigenvalue weighted by atomic mass is 10.3. The summed E-state index contributed by atoms with van der Waals surface area (Å²) in [4.78, 5) is 8.60. The summed E-state index contributed by atoms with van der Waals surface area (Å²) in [5.41, 5.74) is 2.66. The zero-order valence-corrected chi connectivity index (χ0v) is 9.31. The maximum absolute atomic E-state index is 4.37. The molecule has 16 heavy (non-hydrogen) atoms. The molecule has 2 aromatic rings. The van der Waals surface area contributed by atoms with Gasteiger partial charge in [-0.05, 0) is 26.0 Å². The van der Waals surface area contributed by atoms with Gasteiger partial charge in [-0.15, -0.1) is 0 Å². The monoisotopic (exact) mass is 215 g/mol. The molecule has 0 aliphatic heterocycles. The summed E-state index contributed by atoms with van der Waals surface area (Å²) in [6.07, 6.45) is 3.41. The van der Waals surface area contributed by atoms with E-state index < -0.39 is 0 Å². The smallest absolute Gasteiger partial charge is 0.148 e. The summed E-state index contributed by atoms with van der Waals surface area (Å²) in [5, 5.41) is 11.0. The van der Waals surface area contributed by atoms with Crippen LogP contribution < -0.4 is 5.32 Å². The van der Waals surface area contributed by atoms with E-state index in [1.807, 2.05) is 26.0 Å². The Morgan fingerprint density at radius 3 is 2.94 bits per heavy atom. The Labute approximate surface area is 94.0 Å². The molecule has 0 spiro atoms. The van der Waals surface area contributed by atoms with Gasteiger partial charge >= 0.3 is 0 Å². The molecule has 0 atom stereocenters. The van der Waals surface area contributed by atoms with Gasteiger partial charge in [0.15, 0.2) is 0 Å². The van der Waals surface area contributed by atoms with Crippen LogP contribution in [0, 0.1) is 13.8 Å². The van der Waals surface area contributed by atoms with Gasteiger partial charge in [0.1, 0.15) is 5.82 Å². The van der Waals surface area contributed by atoms with Crippen LogP contribution in [0.3, 0.4) is 0 Å². The molecule has 2 aromatic heterocycles. The summed E-state index contributed by atoms with van der Waals surface area (Å²) in [6, 6.07) is 3.78. The van der Waals surface area contributed by atoms with Crippen molar-refractivity contribution in [3.8, 4) is 0 Å². The van der Waals surface area contributed by atoms with E-state index in [9.17, 15) is 0 Å². The van der Waals surface area contributed by atoms with Crippen LogP contribution >= 0.6 is 0 Å². The molecule has 0 bridgehead atoms. The van der Waals surface area contributed by atoms with Crippen molar-refractivity contribution in [2.75, 3.05) is 5.32 Å². The molecule has 0 aliphatic rings. The Morgan fingerprint density at radius 1 is 1.31 bits per heavy atom. The van der Waals surface area contributed by atoms with Gasteiger partial charge in [0.05, 0.1) is 23.6 Å². The standard InChI is InChI=1S/C11H13N5/c1-8-6-12-9(2)11(15-8)13-7-10-4-3-5-14-16-10/h3-6H,7H2,1-2H3,(H,13,15). The van der Waals surface area contributed by atoms with Crippen LogP contribution in [0.1, 0.15) is 17.1 Å². The molecule has 5 heteroatoms. The number of hydrogen-bond acceptors (Lipinski definition) is 5. The fraction of sp³-hybridized carbons (Fsp3) is 0.273. The number of anilines is 1. The predicted octanol–water partition coefficient (Wildman–Crippen LogP) is 1.50. The van der Waals surface area contributed by atoms with E-state index in [0.717, 1.165) is 22.9 Å². The SMILES string of the molecule is Cc1cnc(C)c(NCc2cccnn2)n1. The first-order valence-corrected chi connectivity index (χ1v) is 5.06. The maximum Gasteiger partial charge on any atom is 0.148 e. The van der Waals surface area contributed by atoms with Gasteiger partial charge in [-0.2, -0.15) is 10.2 Å². The normalized spacial score (nSPS) is 10.1. The second-order valence-corrected chi connectivity index (χ2v) is 3.51. The molecule has 2 heterocycles. The molecule has 0 saturated carbocycles. The third-order valence-corrected chi connectivity index (χ3v) is 2.14. The fourth-order valence-electron chi connectivity index (χ4n) is 1.31. The van der Waals surface area contributed by atoms with Gasteiger partial charge in [-0.3, -0.25) is 4.98 Å². The largest absolute Gasteiger partial charge is 0.363 e. The molecule has 0 aromatic carbocycles. The number of hydrogen-bond donors (Lipinski definition) is 1. The number of aryl methyl sites for hydroxylation is 2. The van der Waals surface area contributed by atoms with Gasteiger partial charge in [0.25, 0.3) is 0 Å². The lowest BCUT2D eigenvalue weighted by Gasteiger charge is -2.07. The van der Waals surface area contributed by atoms with Crippen molar-refractivity contribution in [3.63, 3.8) is 0 Å². The fourth-order valence-corrected chi connectivity index (χ4v) is 1.31. The third kappa shape index (κ3) is 2.50. The highest BCUT2D eigenvalue weighted by Gasteiger charge is 2.01. The van der Waals surface area contributed by atoms with Gasteiger partial charge in [-0.25, -0.2) is 4.98 Å². The van der Waals surface area contributed by atoms with Crippen molar-refractivity contribution in [1.29, 1.82) is 0 Å². The highest BCUT2D eigenvalue weighted by molar-refractivity contribution is 5.39. The quantitative estimate of drug-likeness (QED) is 0.840. The molecular weight excluding hydrogens is 202 g/mol. The molecule has 0 unspecified atom stereocenters. The molecule has 2 rings (SSSR count). The highest BCUT2D eigenvalue weighted by Crippen LogP contribution is 2.09. The Morgan fingerprint density at radius 2 is 2.19 bits per heavy atom. The van der Waals surface area contributed by atoms with Crippen molar-refractivity contribution in [1.82, 2.24) is 20.2 Å². The van der Waals surface area contributed by atoms with Gasteiger partial charge < -0.3 is 5.32 Å². The average Bonchev–Trinajstić information content (AvgIpc) is 2.32. The van der Waals surface area contributed by atoms with Crippen LogP contribution in [-0.4, -0.2) is 20.2 Å².